The first-order valence-corrected chi connectivity index (χ1v) is 9.59. The minimum atomic E-state index is -0.0317. The largest absolute Gasteiger partial charge is 0.485 e. The van der Waals surface area contributed by atoms with Gasteiger partial charge in [-0.05, 0) is 57.0 Å². The number of benzene rings is 2. The van der Waals surface area contributed by atoms with Crippen LogP contribution < -0.4 is 4.74 Å². The molecule has 3 aromatic rings. The molecule has 2 aromatic carbocycles. The van der Waals surface area contributed by atoms with Crippen molar-refractivity contribution in [2.24, 2.45) is 0 Å². The van der Waals surface area contributed by atoms with Crippen LogP contribution in [0, 0.1) is 13.8 Å². The molecule has 1 aliphatic carbocycles. The molecule has 0 aliphatic heterocycles. The maximum atomic E-state index is 12.6. The van der Waals surface area contributed by atoms with Gasteiger partial charge >= 0.3 is 0 Å². The van der Waals surface area contributed by atoms with Crippen molar-refractivity contribution in [2.75, 3.05) is 6.61 Å². The molecule has 0 unspecified atom stereocenters. The molecule has 0 bridgehead atoms. The molecule has 1 aromatic heterocycles. The van der Waals surface area contributed by atoms with E-state index in [1.807, 2.05) is 38.1 Å². The molecule has 28 heavy (non-hydrogen) atoms. The summed E-state index contributed by atoms with van der Waals surface area (Å²) >= 11 is 0. The Morgan fingerprint density at radius 3 is 2.25 bits per heavy atom. The fourth-order valence-electron chi connectivity index (χ4n) is 3.64. The van der Waals surface area contributed by atoms with Crippen LogP contribution in [0.4, 0.5) is 0 Å². The van der Waals surface area contributed by atoms with Gasteiger partial charge in [0.1, 0.15) is 5.75 Å². The number of hydrogen-bond acceptors (Lipinski definition) is 3. The van der Waals surface area contributed by atoms with E-state index in [0.29, 0.717) is 22.9 Å². The van der Waals surface area contributed by atoms with Crippen molar-refractivity contribution in [1.82, 2.24) is 4.57 Å². The first-order chi connectivity index (χ1) is 13.5. The highest BCUT2D eigenvalue weighted by atomic mass is 16.5. The normalized spacial score (nSPS) is 13.4. The number of carbonyl (C=O) groups is 2. The molecule has 4 nitrogen and oxygen atoms in total. The molecule has 1 fully saturated rings. The zero-order valence-electron chi connectivity index (χ0n) is 16.1. The predicted molar refractivity (Wildman–Crippen MR) is 108 cm³/mol. The van der Waals surface area contributed by atoms with Gasteiger partial charge in [0.15, 0.2) is 12.4 Å². The monoisotopic (exact) mass is 373 g/mol. The van der Waals surface area contributed by atoms with Gasteiger partial charge in [-0.3, -0.25) is 9.59 Å². The van der Waals surface area contributed by atoms with Gasteiger partial charge in [0.25, 0.3) is 0 Å². The topological polar surface area (TPSA) is 48.3 Å². The molecule has 142 valence electrons. The first kappa shape index (κ1) is 18.2. The number of nitrogens with zero attached hydrogens (tertiary/aromatic N) is 1. The van der Waals surface area contributed by atoms with Crippen molar-refractivity contribution in [3.8, 4) is 5.75 Å². The molecular formula is C24H23NO3. The lowest BCUT2D eigenvalue weighted by molar-refractivity contribution is 0.0920. The van der Waals surface area contributed by atoms with E-state index < -0.39 is 0 Å². The van der Waals surface area contributed by atoms with Crippen LogP contribution in [0.25, 0.3) is 0 Å². The Morgan fingerprint density at radius 1 is 0.964 bits per heavy atom. The molecule has 0 radical (unpaired) electrons. The molecule has 1 heterocycles. The van der Waals surface area contributed by atoms with Crippen LogP contribution in [-0.4, -0.2) is 22.7 Å². The number of aromatic nitrogens is 1. The summed E-state index contributed by atoms with van der Waals surface area (Å²) < 4.78 is 7.93. The molecule has 0 spiro atoms. The zero-order chi connectivity index (χ0) is 19.7. The van der Waals surface area contributed by atoms with E-state index in [1.165, 1.54) is 12.8 Å². The van der Waals surface area contributed by atoms with Crippen molar-refractivity contribution in [1.29, 1.82) is 0 Å². The summed E-state index contributed by atoms with van der Waals surface area (Å²) in [5.74, 6) is 0.522. The molecule has 0 saturated heterocycles. The maximum Gasteiger partial charge on any atom is 0.202 e. The number of aryl methyl sites for hydroxylation is 1. The van der Waals surface area contributed by atoms with Crippen LogP contribution in [-0.2, 0) is 0 Å². The van der Waals surface area contributed by atoms with Crippen LogP contribution in [0.2, 0.25) is 0 Å². The highest BCUT2D eigenvalue weighted by Crippen LogP contribution is 2.38. The Kier molecular flexibility index (Phi) is 4.86. The van der Waals surface area contributed by atoms with E-state index in [9.17, 15) is 9.59 Å². The van der Waals surface area contributed by atoms with E-state index in [0.717, 1.165) is 17.0 Å². The Bertz CT molecular complexity index is 1010. The molecule has 0 N–H and O–H groups in total. The van der Waals surface area contributed by atoms with E-state index in [1.54, 1.807) is 36.4 Å². The highest BCUT2D eigenvalue weighted by molar-refractivity contribution is 6.09. The third kappa shape index (κ3) is 3.63. The summed E-state index contributed by atoms with van der Waals surface area (Å²) in [6.45, 7) is 4.04. The van der Waals surface area contributed by atoms with Gasteiger partial charge in [-0.15, -0.1) is 0 Å². The predicted octanol–water partition coefficient (Wildman–Crippen LogP) is 4.93. The summed E-state index contributed by atoms with van der Waals surface area (Å²) in [4.78, 5) is 25.1. The summed E-state index contributed by atoms with van der Waals surface area (Å²) in [5.41, 5.74) is 4.14. The SMILES string of the molecule is Cc1cc(C(=O)COc2ccc(C(=O)c3ccccc3)cc2)c(C)n1C1CC1. The maximum absolute atomic E-state index is 12.6. The number of rotatable bonds is 7. The lowest BCUT2D eigenvalue weighted by Crippen LogP contribution is -2.13. The smallest absolute Gasteiger partial charge is 0.202 e. The second kappa shape index (κ2) is 7.47. The fraction of sp³-hybridized carbons (Fsp3) is 0.250. The van der Waals surface area contributed by atoms with Gasteiger partial charge in [-0.1, -0.05) is 30.3 Å². The molecule has 4 rings (SSSR count). The standard InChI is InChI=1S/C24H23NO3/c1-16-14-22(17(2)25(16)20-10-11-20)23(26)15-28-21-12-8-19(9-13-21)24(27)18-6-4-3-5-7-18/h3-9,12-14,20H,10-11,15H2,1-2H3. The summed E-state index contributed by atoms with van der Waals surface area (Å²) in [6, 6.07) is 18.6. The minimum Gasteiger partial charge on any atom is -0.485 e. The number of Topliss-reactive ketones (excluding diaryl/α,β-unsaturated/α-hetero) is 1. The van der Waals surface area contributed by atoms with Crippen molar-refractivity contribution in [3.05, 3.63) is 88.7 Å². The first-order valence-electron chi connectivity index (χ1n) is 9.59. The van der Waals surface area contributed by atoms with Gasteiger partial charge < -0.3 is 9.30 Å². The Labute approximate surface area is 164 Å². The van der Waals surface area contributed by atoms with Crippen LogP contribution in [0.1, 0.15) is 56.6 Å². The lowest BCUT2D eigenvalue weighted by atomic mass is 10.0. The number of carbonyl (C=O) groups excluding carboxylic acids is 2. The lowest BCUT2D eigenvalue weighted by Gasteiger charge is -2.09. The quantitative estimate of drug-likeness (QED) is 0.552. The van der Waals surface area contributed by atoms with Gasteiger partial charge in [0.2, 0.25) is 5.78 Å². The van der Waals surface area contributed by atoms with Gasteiger partial charge in [0, 0.05) is 34.1 Å². The average Bonchev–Trinajstić information content (AvgIpc) is 3.51. The summed E-state index contributed by atoms with van der Waals surface area (Å²) in [5, 5.41) is 0. The summed E-state index contributed by atoms with van der Waals surface area (Å²) in [6.07, 6.45) is 2.38. The summed E-state index contributed by atoms with van der Waals surface area (Å²) in [7, 11) is 0. The molecule has 1 saturated carbocycles. The van der Waals surface area contributed by atoms with E-state index in [2.05, 4.69) is 4.57 Å². The Hall–Kier alpha value is -3.14. The second-order valence-electron chi connectivity index (χ2n) is 7.32. The Morgan fingerprint density at radius 2 is 1.61 bits per heavy atom. The van der Waals surface area contributed by atoms with Crippen LogP contribution in [0.15, 0.2) is 60.7 Å². The van der Waals surface area contributed by atoms with Gasteiger partial charge in [-0.25, -0.2) is 0 Å². The van der Waals surface area contributed by atoms with Crippen molar-refractivity contribution in [2.45, 2.75) is 32.7 Å². The second-order valence-corrected chi connectivity index (χ2v) is 7.32. The van der Waals surface area contributed by atoms with Crippen molar-refractivity contribution >= 4 is 11.6 Å². The van der Waals surface area contributed by atoms with Crippen molar-refractivity contribution < 1.29 is 14.3 Å². The molecule has 1 aliphatic rings. The fourth-order valence-corrected chi connectivity index (χ4v) is 3.64. The molecule has 0 amide bonds. The third-order valence-corrected chi connectivity index (χ3v) is 5.22. The number of ether oxygens (including phenoxy) is 1. The van der Waals surface area contributed by atoms with E-state index in [-0.39, 0.29) is 18.2 Å². The van der Waals surface area contributed by atoms with Crippen LogP contribution in [0.5, 0.6) is 5.75 Å². The zero-order valence-corrected chi connectivity index (χ0v) is 16.1. The average molecular weight is 373 g/mol. The van der Waals surface area contributed by atoms with Gasteiger partial charge in [0.05, 0.1) is 0 Å². The number of ketones is 2. The van der Waals surface area contributed by atoms with Crippen LogP contribution >= 0.6 is 0 Å². The highest BCUT2D eigenvalue weighted by Gasteiger charge is 2.28. The third-order valence-electron chi connectivity index (χ3n) is 5.22. The number of hydrogen-bond donors (Lipinski definition) is 0. The minimum absolute atomic E-state index is 0.0130. The van der Waals surface area contributed by atoms with Gasteiger partial charge in [-0.2, -0.15) is 0 Å². The molecule has 0 atom stereocenters. The van der Waals surface area contributed by atoms with E-state index in [4.69, 9.17) is 4.74 Å². The van der Waals surface area contributed by atoms with Crippen LogP contribution in [0.3, 0.4) is 0 Å². The Balaban J connectivity index is 1.41. The molecule has 4 heteroatoms. The molecular weight excluding hydrogens is 350 g/mol. The van der Waals surface area contributed by atoms with E-state index >= 15 is 0 Å². The van der Waals surface area contributed by atoms with Crippen molar-refractivity contribution in [3.63, 3.8) is 0 Å².